The van der Waals surface area contributed by atoms with Gasteiger partial charge in [0.1, 0.15) is 5.76 Å². The van der Waals surface area contributed by atoms with Crippen molar-refractivity contribution in [2.45, 2.75) is 6.42 Å². The Morgan fingerprint density at radius 2 is 2.50 bits per heavy atom. The molecular formula is C10H14N2O2. The second kappa shape index (κ2) is 4.28. The average Bonchev–Trinajstić information content (AvgIpc) is 2.53. The molecule has 76 valence electrons. The van der Waals surface area contributed by atoms with Crippen LogP contribution < -0.4 is 10.6 Å². The van der Waals surface area contributed by atoms with Gasteiger partial charge in [-0.3, -0.25) is 4.79 Å². The van der Waals surface area contributed by atoms with Gasteiger partial charge in [-0.15, -0.1) is 0 Å². The number of carbonyl (C=O) groups excluding carboxylic acids is 1. The van der Waals surface area contributed by atoms with E-state index in [2.05, 4.69) is 10.6 Å². The van der Waals surface area contributed by atoms with Gasteiger partial charge in [-0.05, 0) is 12.1 Å². The van der Waals surface area contributed by atoms with Crippen molar-refractivity contribution in [3.63, 3.8) is 0 Å². The van der Waals surface area contributed by atoms with E-state index in [9.17, 15) is 4.79 Å². The van der Waals surface area contributed by atoms with Gasteiger partial charge in [0.2, 0.25) is 5.91 Å². The molecule has 4 heteroatoms. The number of furan rings is 1. The minimum atomic E-state index is 0.148. The van der Waals surface area contributed by atoms with Crippen LogP contribution in [0.3, 0.4) is 0 Å². The maximum absolute atomic E-state index is 11.4. The zero-order valence-electron chi connectivity index (χ0n) is 7.95. The van der Waals surface area contributed by atoms with Crippen molar-refractivity contribution >= 4 is 5.91 Å². The molecule has 1 aliphatic rings. The molecular weight excluding hydrogens is 180 g/mol. The number of nitrogens with one attached hydrogen (secondary N) is 2. The van der Waals surface area contributed by atoms with E-state index >= 15 is 0 Å². The maximum atomic E-state index is 11.4. The Kier molecular flexibility index (Phi) is 2.84. The predicted octanol–water partition coefficient (Wildman–Crippen LogP) is 0.158. The summed E-state index contributed by atoms with van der Waals surface area (Å²) in [4.78, 5) is 11.4. The number of rotatable bonds is 4. The van der Waals surface area contributed by atoms with Gasteiger partial charge in [0.05, 0.1) is 12.2 Å². The molecule has 1 fully saturated rings. The molecule has 0 atom stereocenters. The molecule has 0 aliphatic carbocycles. The Bertz CT molecular complexity index is 291. The Hall–Kier alpha value is -1.29. The molecule has 1 amide bonds. The molecule has 2 rings (SSSR count). The van der Waals surface area contributed by atoms with Gasteiger partial charge in [-0.2, -0.15) is 0 Å². The maximum Gasteiger partial charge on any atom is 0.225 e. The molecule has 1 aromatic rings. The Balaban J connectivity index is 1.65. The van der Waals surface area contributed by atoms with Crippen LogP contribution in [0.5, 0.6) is 0 Å². The van der Waals surface area contributed by atoms with Gasteiger partial charge in [-0.25, -0.2) is 0 Å². The van der Waals surface area contributed by atoms with Crippen LogP contribution in [0.4, 0.5) is 0 Å². The van der Waals surface area contributed by atoms with Crippen molar-refractivity contribution in [1.29, 1.82) is 0 Å². The third-order valence-corrected chi connectivity index (χ3v) is 2.40. The highest BCUT2D eigenvalue weighted by Gasteiger charge is 2.24. The van der Waals surface area contributed by atoms with Gasteiger partial charge in [0, 0.05) is 26.1 Å². The van der Waals surface area contributed by atoms with E-state index in [-0.39, 0.29) is 11.8 Å². The first-order chi connectivity index (χ1) is 6.86. The normalized spacial score (nSPS) is 16.3. The third kappa shape index (κ3) is 2.14. The van der Waals surface area contributed by atoms with Crippen LogP contribution in [0.15, 0.2) is 22.8 Å². The molecule has 2 N–H and O–H groups in total. The Morgan fingerprint density at radius 3 is 3.07 bits per heavy atom. The van der Waals surface area contributed by atoms with E-state index in [0.29, 0.717) is 6.54 Å². The summed E-state index contributed by atoms with van der Waals surface area (Å²) in [5.74, 6) is 1.24. The zero-order chi connectivity index (χ0) is 9.80. The second-order valence-electron chi connectivity index (χ2n) is 3.48. The molecule has 0 unspecified atom stereocenters. The van der Waals surface area contributed by atoms with Crippen molar-refractivity contribution in [2.75, 3.05) is 19.6 Å². The fraction of sp³-hybridized carbons (Fsp3) is 0.500. The van der Waals surface area contributed by atoms with Crippen molar-refractivity contribution in [2.24, 2.45) is 5.92 Å². The molecule has 0 radical (unpaired) electrons. The summed E-state index contributed by atoms with van der Waals surface area (Å²) in [5.41, 5.74) is 0. The van der Waals surface area contributed by atoms with Crippen LogP contribution in [0.25, 0.3) is 0 Å². The highest BCUT2D eigenvalue weighted by Crippen LogP contribution is 2.03. The molecule has 1 aliphatic heterocycles. The van der Waals surface area contributed by atoms with Gasteiger partial charge < -0.3 is 15.1 Å². The van der Waals surface area contributed by atoms with Gasteiger partial charge >= 0.3 is 0 Å². The zero-order valence-corrected chi connectivity index (χ0v) is 7.95. The van der Waals surface area contributed by atoms with Crippen molar-refractivity contribution < 1.29 is 9.21 Å². The molecule has 0 saturated carbocycles. The van der Waals surface area contributed by atoms with Gasteiger partial charge in [0.25, 0.3) is 0 Å². The van der Waals surface area contributed by atoms with E-state index in [1.54, 1.807) is 6.26 Å². The summed E-state index contributed by atoms with van der Waals surface area (Å²) in [6.07, 6.45) is 2.41. The number of carbonyl (C=O) groups is 1. The highest BCUT2D eigenvalue weighted by molar-refractivity contribution is 5.79. The predicted molar refractivity (Wildman–Crippen MR) is 51.8 cm³/mol. The van der Waals surface area contributed by atoms with E-state index in [0.717, 1.165) is 25.3 Å². The molecule has 0 aromatic carbocycles. The first-order valence-electron chi connectivity index (χ1n) is 4.87. The van der Waals surface area contributed by atoms with Crippen molar-refractivity contribution in [3.8, 4) is 0 Å². The molecule has 2 heterocycles. The fourth-order valence-corrected chi connectivity index (χ4v) is 1.38. The standard InChI is InChI=1S/C10H14N2O2/c13-10(8-6-11-7-8)12-4-3-9-2-1-5-14-9/h1-2,5,8,11H,3-4,6-7H2,(H,12,13). The lowest BCUT2D eigenvalue weighted by atomic mass is 10.0. The summed E-state index contributed by atoms with van der Waals surface area (Å²) >= 11 is 0. The highest BCUT2D eigenvalue weighted by atomic mass is 16.3. The number of hydrogen-bond donors (Lipinski definition) is 2. The molecule has 1 saturated heterocycles. The van der Waals surface area contributed by atoms with E-state index in [1.807, 2.05) is 12.1 Å². The van der Waals surface area contributed by atoms with Gasteiger partial charge in [-0.1, -0.05) is 0 Å². The van der Waals surface area contributed by atoms with Crippen LogP contribution in [-0.4, -0.2) is 25.5 Å². The van der Waals surface area contributed by atoms with Crippen LogP contribution in [0.1, 0.15) is 5.76 Å². The molecule has 14 heavy (non-hydrogen) atoms. The lowest BCUT2D eigenvalue weighted by Gasteiger charge is -2.25. The SMILES string of the molecule is O=C(NCCc1ccco1)C1CNC1. The van der Waals surface area contributed by atoms with Crippen LogP contribution in [-0.2, 0) is 11.2 Å². The van der Waals surface area contributed by atoms with Crippen molar-refractivity contribution in [3.05, 3.63) is 24.2 Å². The summed E-state index contributed by atoms with van der Waals surface area (Å²) in [5, 5.41) is 5.95. The van der Waals surface area contributed by atoms with E-state index in [4.69, 9.17) is 4.42 Å². The lowest BCUT2D eigenvalue weighted by molar-refractivity contribution is -0.126. The van der Waals surface area contributed by atoms with E-state index in [1.165, 1.54) is 0 Å². The molecule has 1 aromatic heterocycles. The summed E-state index contributed by atoms with van der Waals surface area (Å²) in [6.45, 7) is 2.28. The molecule has 4 nitrogen and oxygen atoms in total. The van der Waals surface area contributed by atoms with Gasteiger partial charge in [0.15, 0.2) is 0 Å². The Morgan fingerprint density at radius 1 is 1.64 bits per heavy atom. The minimum absolute atomic E-state index is 0.148. The molecule has 0 spiro atoms. The quantitative estimate of drug-likeness (QED) is 0.717. The number of hydrogen-bond acceptors (Lipinski definition) is 3. The summed E-state index contributed by atoms with van der Waals surface area (Å²) in [6, 6.07) is 3.77. The summed E-state index contributed by atoms with van der Waals surface area (Å²) < 4.78 is 5.15. The second-order valence-corrected chi connectivity index (χ2v) is 3.48. The summed E-state index contributed by atoms with van der Waals surface area (Å²) in [7, 11) is 0. The third-order valence-electron chi connectivity index (χ3n) is 2.40. The first kappa shape index (κ1) is 9.27. The monoisotopic (exact) mass is 194 g/mol. The smallest absolute Gasteiger partial charge is 0.225 e. The number of amides is 1. The largest absolute Gasteiger partial charge is 0.469 e. The van der Waals surface area contributed by atoms with Crippen LogP contribution in [0.2, 0.25) is 0 Å². The average molecular weight is 194 g/mol. The minimum Gasteiger partial charge on any atom is -0.469 e. The first-order valence-corrected chi connectivity index (χ1v) is 4.87. The Labute approximate surface area is 82.7 Å². The van der Waals surface area contributed by atoms with Crippen LogP contribution in [0, 0.1) is 5.92 Å². The van der Waals surface area contributed by atoms with E-state index < -0.39 is 0 Å². The van der Waals surface area contributed by atoms with Crippen LogP contribution >= 0.6 is 0 Å². The topological polar surface area (TPSA) is 54.3 Å². The molecule has 0 bridgehead atoms. The van der Waals surface area contributed by atoms with Crippen molar-refractivity contribution in [1.82, 2.24) is 10.6 Å². The fourth-order valence-electron chi connectivity index (χ4n) is 1.38. The lowest BCUT2D eigenvalue weighted by Crippen LogP contribution is -2.51.